The molecule has 0 saturated heterocycles. The van der Waals surface area contributed by atoms with Crippen molar-refractivity contribution >= 4 is 0 Å². The average molecular weight is 233 g/mol. The third kappa shape index (κ3) is 4.01. The molecule has 0 aromatic heterocycles. The van der Waals surface area contributed by atoms with Gasteiger partial charge in [-0.15, -0.1) is 12.3 Å². The number of nitrogens with one attached hydrogen (secondary N) is 1. The normalized spacial score (nSPS) is 9.71. The SMILES string of the molecule is C#CCCCOc1c(CNC)cccc1OC. The van der Waals surface area contributed by atoms with Crippen molar-refractivity contribution in [3.8, 4) is 23.8 Å². The summed E-state index contributed by atoms with van der Waals surface area (Å²) in [6.45, 7) is 1.36. The molecule has 0 aliphatic carbocycles. The first-order valence-electron chi connectivity index (χ1n) is 5.70. The number of benzene rings is 1. The fourth-order valence-electron chi connectivity index (χ4n) is 1.56. The quantitative estimate of drug-likeness (QED) is 0.578. The van der Waals surface area contributed by atoms with Crippen LogP contribution in [0, 0.1) is 12.3 Å². The van der Waals surface area contributed by atoms with Gasteiger partial charge in [0.25, 0.3) is 0 Å². The van der Waals surface area contributed by atoms with Crippen LogP contribution < -0.4 is 14.8 Å². The van der Waals surface area contributed by atoms with Gasteiger partial charge in [-0.2, -0.15) is 0 Å². The van der Waals surface area contributed by atoms with Crippen LogP contribution in [0.3, 0.4) is 0 Å². The summed E-state index contributed by atoms with van der Waals surface area (Å²) in [5.41, 5.74) is 1.09. The molecule has 1 rings (SSSR count). The number of para-hydroxylation sites is 1. The summed E-state index contributed by atoms with van der Waals surface area (Å²) in [7, 11) is 3.55. The molecule has 0 bridgehead atoms. The monoisotopic (exact) mass is 233 g/mol. The van der Waals surface area contributed by atoms with Gasteiger partial charge in [0, 0.05) is 18.5 Å². The lowest BCUT2D eigenvalue weighted by atomic mass is 10.2. The van der Waals surface area contributed by atoms with Crippen molar-refractivity contribution in [2.45, 2.75) is 19.4 Å². The summed E-state index contributed by atoms with van der Waals surface area (Å²) < 4.78 is 11.0. The highest BCUT2D eigenvalue weighted by atomic mass is 16.5. The minimum atomic E-state index is 0.612. The van der Waals surface area contributed by atoms with Gasteiger partial charge in [-0.05, 0) is 19.5 Å². The van der Waals surface area contributed by atoms with Crippen LogP contribution in [-0.2, 0) is 6.54 Å². The molecule has 17 heavy (non-hydrogen) atoms. The Morgan fingerprint density at radius 3 is 2.88 bits per heavy atom. The number of rotatable bonds is 7. The Bertz CT molecular complexity index is 382. The molecule has 0 atom stereocenters. The van der Waals surface area contributed by atoms with Crippen LogP contribution in [0.5, 0.6) is 11.5 Å². The van der Waals surface area contributed by atoms with Crippen LogP contribution in [0.1, 0.15) is 18.4 Å². The smallest absolute Gasteiger partial charge is 0.165 e. The van der Waals surface area contributed by atoms with Crippen LogP contribution in [0.2, 0.25) is 0 Å². The summed E-state index contributed by atoms with van der Waals surface area (Å²) in [5.74, 6) is 4.17. The van der Waals surface area contributed by atoms with Gasteiger partial charge in [-0.1, -0.05) is 12.1 Å². The molecule has 0 heterocycles. The summed E-state index contributed by atoms with van der Waals surface area (Å²) in [6, 6.07) is 5.88. The highest BCUT2D eigenvalue weighted by Crippen LogP contribution is 2.31. The average Bonchev–Trinajstić information content (AvgIpc) is 2.36. The second-order valence-corrected chi connectivity index (χ2v) is 3.63. The fraction of sp³-hybridized carbons (Fsp3) is 0.429. The number of ether oxygens (including phenoxy) is 2. The van der Waals surface area contributed by atoms with E-state index < -0.39 is 0 Å². The topological polar surface area (TPSA) is 30.5 Å². The van der Waals surface area contributed by atoms with Crippen molar-refractivity contribution in [2.75, 3.05) is 20.8 Å². The Hall–Kier alpha value is -1.66. The maximum Gasteiger partial charge on any atom is 0.165 e. The van der Waals surface area contributed by atoms with E-state index >= 15 is 0 Å². The fourth-order valence-corrected chi connectivity index (χ4v) is 1.56. The van der Waals surface area contributed by atoms with E-state index in [4.69, 9.17) is 15.9 Å². The number of terminal acetylenes is 1. The van der Waals surface area contributed by atoms with E-state index in [1.807, 2.05) is 25.2 Å². The molecule has 0 aliphatic heterocycles. The molecule has 0 saturated carbocycles. The number of methoxy groups -OCH3 is 1. The lowest BCUT2D eigenvalue weighted by molar-refractivity contribution is 0.287. The molecule has 0 amide bonds. The van der Waals surface area contributed by atoms with E-state index in [1.165, 1.54) is 0 Å². The Morgan fingerprint density at radius 1 is 1.41 bits per heavy atom. The van der Waals surface area contributed by atoms with E-state index in [9.17, 15) is 0 Å². The first kappa shape index (κ1) is 13.4. The molecule has 0 fully saturated rings. The minimum absolute atomic E-state index is 0.612. The van der Waals surface area contributed by atoms with E-state index in [1.54, 1.807) is 7.11 Å². The Labute approximate surface area is 103 Å². The number of hydrogen-bond donors (Lipinski definition) is 1. The zero-order chi connectivity index (χ0) is 12.5. The van der Waals surface area contributed by atoms with Crippen molar-refractivity contribution in [1.29, 1.82) is 0 Å². The van der Waals surface area contributed by atoms with E-state index in [-0.39, 0.29) is 0 Å². The van der Waals surface area contributed by atoms with Crippen molar-refractivity contribution in [2.24, 2.45) is 0 Å². The largest absolute Gasteiger partial charge is 0.493 e. The molecule has 0 spiro atoms. The predicted octanol–water partition coefficient (Wildman–Crippen LogP) is 2.21. The molecular formula is C14H19NO2. The van der Waals surface area contributed by atoms with Crippen molar-refractivity contribution in [1.82, 2.24) is 5.32 Å². The van der Waals surface area contributed by atoms with Gasteiger partial charge in [-0.3, -0.25) is 0 Å². The third-order valence-electron chi connectivity index (χ3n) is 2.36. The van der Waals surface area contributed by atoms with Crippen molar-refractivity contribution in [3.05, 3.63) is 23.8 Å². The summed E-state index contributed by atoms with van der Waals surface area (Å²) >= 11 is 0. The highest BCUT2D eigenvalue weighted by molar-refractivity contribution is 5.46. The lowest BCUT2D eigenvalue weighted by Gasteiger charge is -2.14. The van der Waals surface area contributed by atoms with Crippen LogP contribution in [0.15, 0.2) is 18.2 Å². The molecule has 3 heteroatoms. The maximum atomic E-state index is 5.75. The minimum Gasteiger partial charge on any atom is -0.493 e. The maximum absolute atomic E-state index is 5.75. The summed E-state index contributed by atoms with van der Waals surface area (Å²) in [4.78, 5) is 0. The molecule has 0 unspecified atom stereocenters. The summed E-state index contributed by atoms with van der Waals surface area (Å²) in [6.07, 6.45) is 6.79. The first-order valence-corrected chi connectivity index (χ1v) is 5.70. The van der Waals surface area contributed by atoms with Gasteiger partial charge in [0.1, 0.15) is 0 Å². The van der Waals surface area contributed by atoms with Gasteiger partial charge >= 0.3 is 0 Å². The Morgan fingerprint density at radius 2 is 2.24 bits per heavy atom. The van der Waals surface area contributed by atoms with Crippen molar-refractivity contribution in [3.63, 3.8) is 0 Å². The molecule has 1 aromatic rings. The molecule has 92 valence electrons. The molecule has 3 nitrogen and oxygen atoms in total. The van der Waals surface area contributed by atoms with E-state index in [0.29, 0.717) is 6.61 Å². The van der Waals surface area contributed by atoms with Crippen molar-refractivity contribution < 1.29 is 9.47 Å². The standard InChI is InChI=1S/C14H19NO2/c1-4-5-6-10-17-14-12(11-15-2)8-7-9-13(14)16-3/h1,7-9,15H,5-6,10-11H2,2-3H3. The van der Waals surface area contributed by atoms with Gasteiger partial charge in [0.2, 0.25) is 0 Å². The zero-order valence-corrected chi connectivity index (χ0v) is 10.5. The van der Waals surface area contributed by atoms with Crippen LogP contribution in [0.4, 0.5) is 0 Å². The predicted molar refractivity (Wildman–Crippen MR) is 69.3 cm³/mol. The van der Waals surface area contributed by atoms with Crippen LogP contribution >= 0.6 is 0 Å². The van der Waals surface area contributed by atoms with Gasteiger partial charge in [-0.25, -0.2) is 0 Å². The van der Waals surface area contributed by atoms with E-state index in [0.717, 1.165) is 36.4 Å². The molecule has 0 aliphatic rings. The lowest BCUT2D eigenvalue weighted by Crippen LogP contribution is -2.09. The molecular weight excluding hydrogens is 214 g/mol. The van der Waals surface area contributed by atoms with E-state index in [2.05, 4.69) is 11.2 Å². The number of unbranched alkanes of at least 4 members (excludes halogenated alkanes) is 1. The van der Waals surface area contributed by atoms with Crippen LogP contribution in [0.25, 0.3) is 0 Å². The molecule has 1 aromatic carbocycles. The zero-order valence-electron chi connectivity index (χ0n) is 10.5. The first-order chi connectivity index (χ1) is 8.33. The highest BCUT2D eigenvalue weighted by Gasteiger charge is 2.09. The van der Waals surface area contributed by atoms with Crippen LogP contribution in [-0.4, -0.2) is 20.8 Å². The third-order valence-corrected chi connectivity index (χ3v) is 2.36. The van der Waals surface area contributed by atoms with Gasteiger partial charge in [0.05, 0.1) is 13.7 Å². The Kier molecular flexibility index (Phi) is 5.98. The molecule has 1 N–H and O–H groups in total. The second kappa shape index (κ2) is 7.59. The van der Waals surface area contributed by atoms with Gasteiger partial charge < -0.3 is 14.8 Å². The summed E-state index contributed by atoms with van der Waals surface area (Å²) in [5, 5.41) is 3.11. The Balaban J connectivity index is 2.74. The molecule has 0 radical (unpaired) electrons. The van der Waals surface area contributed by atoms with Gasteiger partial charge in [0.15, 0.2) is 11.5 Å². The second-order valence-electron chi connectivity index (χ2n) is 3.63. The number of hydrogen-bond acceptors (Lipinski definition) is 3.